The predicted molar refractivity (Wildman–Crippen MR) is 123 cm³/mol. The monoisotopic (exact) mass is 450 g/mol. The quantitative estimate of drug-likeness (QED) is 0.448. The van der Waals surface area contributed by atoms with E-state index in [-0.39, 0.29) is 12.2 Å². The molecule has 0 atom stereocenters. The summed E-state index contributed by atoms with van der Waals surface area (Å²) in [4.78, 5) is 29.2. The number of halogens is 1. The number of carbonyl (C=O) groups is 1. The molecule has 0 aliphatic heterocycles. The first-order valence-corrected chi connectivity index (χ1v) is 10.0. The van der Waals surface area contributed by atoms with Crippen LogP contribution in [0.2, 0.25) is 5.02 Å². The molecule has 32 heavy (non-hydrogen) atoms. The molecule has 2 aromatic carbocycles. The molecular weight excluding hydrogens is 432 g/mol. The lowest BCUT2D eigenvalue weighted by Gasteiger charge is -2.13. The molecule has 0 aliphatic carbocycles. The summed E-state index contributed by atoms with van der Waals surface area (Å²) in [5.41, 5.74) is 1.74. The zero-order valence-electron chi connectivity index (χ0n) is 17.0. The SMILES string of the molecule is COc1ccc(NC(=O)Nc2ccccc2OCc2cc(=O)n3cc(Cl)ccc3n2)cc1. The Kier molecular flexibility index (Phi) is 6.23. The second kappa shape index (κ2) is 9.40. The van der Waals surface area contributed by atoms with Crippen LogP contribution < -0.4 is 25.7 Å². The number of para-hydroxylation sites is 2. The predicted octanol–water partition coefficient (Wildman–Crippen LogP) is 4.58. The summed E-state index contributed by atoms with van der Waals surface area (Å²) in [7, 11) is 1.58. The third-order valence-corrected chi connectivity index (χ3v) is 4.76. The molecule has 0 radical (unpaired) electrons. The van der Waals surface area contributed by atoms with Crippen molar-refractivity contribution in [3.05, 3.63) is 94.0 Å². The number of anilines is 2. The van der Waals surface area contributed by atoms with E-state index in [0.717, 1.165) is 0 Å². The number of rotatable bonds is 6. The highest BCUT2D eigenvalue weighted by atomic mass is 35.5. The highest BCUT2D eigenvalue weighted by Gasteiger charge is 2.10. The zero-order chi connectivity index (χ0) is 22.5. The number of amides is 2. The van der Waals surface area contributed by atoms with Crippen molar-refractivity contribution in [1.29, 1.82) is 0 Å². The summed E-state index contributed by atoms with van der Waals surface area (Å²) in [6.45, 7) is 0.0488. The van der Waals surface area contributed by atoms with Gasteiger partial charge >= 0.3 is 6.03 Å². The van der Waals surface area contributed by atoms with E-state index >= 15 is 0 Å². The van der Waals surface area contributed by atoms with E-state index in [2.05, 4.69) is 15.6 Å². The lowest BCUT2D eigenvalue weighted by atomic mass is 10.3. The molecular formula is C23H19ClN4O4. The van der Waals surface area contributed by atoms with Crippen LogP contribution in [0.4, 0.5) is 16.2 Å². The lowest BCUT2D eigenvalue weighted by molar-refractivity contribution is 0.261. The summed E-state index contributed by atoms with van der Waals surface area (Å²) >= 11 is 5.94. The van der Waals surface area contributed by atoms with Gasteiger partial charge in [-0.25, -0.2) is 9.78 Å². The standard InChI is InChI=1S/C23H19ClN4O4/c1-31-18-9-7-16(8-10-18)26-23(30)27-19-4-2-3-5-20(19)32-14-17-12-22(29)28-13-15(24)6-11-21(28)25-17/h2-13H,14H2,1H3,(H2,26,27,30). The largest absolute Gasteiger partial charge is 0.497 e. The van der Waals surface area contributed by atoms with Gasteiger partial charge in [0.1, 0.15) is 23.8 Å². The minimum atomic E-state index is -0.426. The van der Waals surface area contributed by atoms with Crippen molar-refractivity contribution in [3.8, 4) is 11.5 Å². The van der Waals surface area contributed by atoms with E-state index in [1.54, 1.807) is 67.8 Å². The molecule has 8 nitrogen and oxygen atoms in total. The first-order valence-electron chi connectivity index (χ1n) is 9.63. The third-order valence-electron chi connectivity index (χ3n) is 4.54. The Hall–Kier alpha value is -4.04. The van der Waals surface area contributed by atoms with E-state index in [9.17, 15) is 9.59 Å². The third kappa shape index (κ3) is 4.98. The van der Waals surface area contributed by atoms with Crippen LogP contribution in [0.3, 0.4) is 0 Å². The number of aromatic nitrogens is 2. The van der Waals surface area contributed by atoms with Crippen LogP contribution in [0.1, 0.15) is 5.69 Å². The van der Waals surface area contributed by atoms with Gasteiger partial charge in [0, 0.05) is 18.0 Å². The van der Waals surface area contributed by atoms with Gasteiger partial charge in [0.2, 0.25) is 0 Å². The highest BCUT2D eigenvalue weighted by molar-refractivity contribution is 6.30. The molecule has 162 valence electrons. The molecule has 0 aliphatic rings. The van der Waals surface area contributed by atoms with E-state index in [1.165, 1.54) is 16.7 Å². The fourth-order valence-corrected chi connectivity index (χ4v) is 3.17. The van der Waals surface area contributed by atoms with Crippen LogP contribution in [0.25, 0.3) is 5.65 Å². The van der Waals surface area contributed by atoms with Crippen molar-refractivity contribution in [2.24, 2.45) is 0 Å². The van der Waals surface area contributed by atoms with Crippen molar-refractivity contribution >= 4 is 34.7 Å². The molecule has 0 bridgehead atoms. The van der Waals surface area contributed by atoms with Crippen LogP contribution in [0.15, 0.2) is 77.7 Å². The Balaban J connectivity index is 1.45. The Morgan fingerprint density at radius 3 is 2.62 bits per heavy atom. The molecule has 2 N–H and O–H groups in total. The molecule has 4 aromatic rings. The topological polar surface area (TPSA) is 94.0 Å². The van der Waals surface area contributed by atoms with Gasteiger partial charge in [-0.3, -0.25) is 9.20 Å². The number of hydrogen-bond acceptors (Lipinski definition) is 5. The smallest absolute Gasteiger partial charge is 0.323 e. The first kappa shape index (κ1) is 21.2. The maximum Gasteiger partial charge on any atom is 0.323 e. The highest BCUT2D eigenvalue weighted by Crippen LogP contribution is 2.25. The molecule has 0 saturated carbocycles. The number of urea groups is 1. The maximum absolute atomic E-state index is 12.4. The fraction of sp³-hybridized carbons (Fsp3) is 0.0870. The van der Waals surface area contributed by atoms with Crippen molar-refractivity contribution < 1.29 is 14.3 Å². The summed E-state index contributed by atoms with van der Waals surface area (Å²) < 4.78 is 12.3. The molecule has 0 unspecified atom stereocenters. The Labute approximate surface area is 188 Å². The summed E-state index contributed by atoms with van der Waals surface area (Å²) in [5, 5.41) is 5.95. The lowest BCUT2D eigenvalue weighted by Crippen LogP contribution is -2.20. The Morgan fingerprint density at radius 1 is 1.06 bits per heavy atom. The van der Waals surface area contributed by atoms with E-state index in [0.29, 0.717) is 39.2 Å². The second-order valence-electron chi connectivity index (χ2n) is 6.75. The van der Waals surface area contributed by atoms with E-state index in [1.807, 2.05) is 0 Å². The molecule has 0 saturated heterocycles. The van der Waals surface area contributed by atoms with Gasteiger partial charge in [0.15, 0.2) is 0 Å². The molecule has 2 heterocycles. The molecule has 0 fully saturated rings. The number of pyridine rings is 1. The van der Waals surface area contributed by atoms with Crippen molar-refractivity contribution in [1.82, 2.24) is 9.38 Å². The van der Waals surface area contributed by atoms with Gasteiger partial charge in [0.25, 0.3) is 5.56 Å². The number of methoxy groups -OCH3 is 1. The van der Waals surface area contributed by atoms with Crippen LogP contribution in [0.5, 0.6) is 11.5 Å². The number of benzene rings is 2. The number of nitrogens with zero attached hydrogens (tertiary/aromatic N) is 2. The van der Waals surface area contributed by atoms with Gasteiger partial charge in [0.05, 0.1) is 23.5 Å². The van der Waals surface area contributed by atoms with Gasteiger partial charge in [-0.2, -0.15) is 0 Å². The van der Waals surface area contributed by atoms with Crippen molar-refractivity contribution in [2.75, 3.05) is 17.7 Å². The van der Waals surface area contributed by atoms with Crippen molar-refractivity contribution in [3.63, 3.8) is 0 Å². The van der Waals surface area contributed by atoms with Crippen LogP contribution >= 0.6 is 11.6 Å². The van der Waals surface area contributed by atoms with Crippen LogP contribution in [-0.4, -0.2) is 22.5 Å². The van der Waals surface area contributed by atoms with E-state index in [4.69, 9.17) is 21.1 Å². The average Bonchev–Trinajstić information content (AvgIpc) is 2.79. The minimum absolute atomic E-state index is 0.0488. The fourth-order valence-electron chi connectivity index (χ4n) is 3.01. The average molecular weight is 451 g/mol. The summed E-state index contributed by atoms with van der Waals surface area (Å²) in [6, 6.07) is 18.2. The van der Waals surface area contributed by atoms with Crippen molar-refractivity contribution in [2.45, 2.75) is 6.61 Å². The molecule has 2 aromatic heterocycles. The van der Waals surface area contributed by atoms with Gasteiger partial charge in [-0.15, -0.1) is 0 Å². The van der Waals surface area contributed by atoms with Gasteiger partial charge in [-0.1, -0.05) is 23.7 Å². The van der Waals surface area contributed by atoms with Crippen LogP contribution in [-0.2, 0) is 6.61 Å². The number of hydrogen-bond donors (Lipinski definition) is 2. The first-order chi connectivity index (χ1) is 15.5. The number of ether oxygens (including phenoxy) is 2. The molecule has 2 amide bonds. The minimum Gasteiger partial charge on any atom is -0.497 e. The Bertz CT molecular complexity index is 1320. The van der Waals surface area contributed by atoms with Crippen LogP contribution in [0, 0.1) is 0 Å². The normalized spacial score (nSPS) is 10.6. The Morgan fingerprint density at radius 2 is 1.84 bits per heavy atom. The van der Waals surface area contributed by atoms with E-state index < -0.39 is 6.03 Å². The number of fused-ring (bicyclic) bond motifs is 1. The molecule has 0 spiro atoms. The second-order valence-corrected chi connectivity index (χ2v) is 7.19. The number of carbonyl (C=O) groups excluding carboxylic acids is 1. The van der Waals surface area contributed by atoms with Gasteiger partial charge < -0.3 is 20.1 Å². The summed E-state index contributed by atoms with van der Waals surface area (Å²) in [5.74, 6) is 1.13. The summed E-state index contributed by atoms with van der Waals surface area (Å²) in [6.07, 6.45) is 1.51. The maximum atomic E-state index is 12.4. The zero-order valence-corrected chi connectivity index (χ0v) is 17.8. The van der Waals surface area contributed by atoms with Gasteiger partial charge in [-0.05, 0) is 48.5 Å². The number of nitrogens with one attached hydrogen (secondary N) is 2. The molecule has 4 rings (SSSR count). The molecule has 9 heteroatoms.